The van der Waals surface area contributed by atoms with Gasteiger partial charge in [-0.2, -0.15) is 0 Å². The van der Waals surface area contributed by atoms with E-state index in [4.69, 9.17) is 5.11 Å². The molecule has 0 aliphatic carbocycles. The largest absolute Gasteiger partial charge is 0.395 e. The zero-order valence-corrected chi connectivity index (χ0v) is 13.4. The summed E-state index contributed by atoms with van der Waals surface area (Å²) in [4.78, 5) is 19.2. The minimum Gasteiger partial charge on any atom is -0.395 e. The first-order valence-corrected chi connectivity index (χ1v) is 9.10. The first kappa shape index (κ1) is 15.6. The van der Waals surface area contributed by atoms with E-state index in [0.717, 1.165) is 63.9 Å². The van der Waals surface area contributed by atoms with Crippen LogP contribution in [0.5, 0.6) is 0 Å². The smallest absolute Gasteiger partial charge is 0.240 e. The van der Waals surface area contributed by atoms with Gasteiger partial charge in [0.05, 0.1) is 18.5 Å². The summed E-state index contributed by atoms with van der Waals surface area (Å²) < 4.78 is 0. The van der Waals surface area contributed by atoms with Crippen LogP contribution in [0, 0.1) is 0 Å². The van der Waals surface area contributed by atoms with Crippen molar-refractivity contribution < 1.29 is 9.90 Å². The van der Waals surface area contributed by atoms with E-state index >= 15 is 0 Å². The van der Waals surface area contributed by atoms with E-state index in [1.54, 1.807) is 0 Å². The van der Waals surface area contributed by atoms with Gasteiger partial charge in [0.25, 0.3) is 0 Å². The fourth-order valence-electron chi connectivity index (χ4n) is 3.49. The number of β-amino-alcohol motifs (C(OH)–C–C–N with tert-alkyl or cyclic N) is 1. The van der Waals surface area contributed by atoms with Gasteiger partial charge in [0.15, 0.2) is 0 Å². The number of nitrogens with one attached hydrogen (secondary N) is 1. The lowest BCUT2D eigenvalue weighted by atomic mass is 10.1. The van der Waals surface area contributed by atoms with Crippen LogP contribution in [0.4, 0.5) is 0 Å². The summed E-state index contributed by atoms with van der Waals surface area (Å²) in [5, 5.41) is 12.4. The maximum Gasteiger partial charge on any atom is 0.240 e. The molecule has 2 atom stereocenters. The van der Waals surface area contributed by atoms with Crippen molar-refractivity contribution in [2.75, 3.05) is 64.0 Å². The number of nitrogens with zero attached hydrogens (tertiary/aromatic N) is 3. The van der Waals surface area contributed by atoms with Gasteiger partial charge in [-0.15, -0.1) is 11.8 Å². The van der Waals surface area contributed by atoms with E-state index in [1.165, 1.54) is 0 Å². The first-order valence-electron chi connectivity index (χ1n) is 7.95. The molecule has 120 valence electrons. The van der Waals surface area contributed by atoms with E-state index in [2.05, 4.69) is 15.1 Å². The molecule has 0 radical (unpaired) electrons. The van der Waals surface area contributed by atoms with Gasteiger partial charge < -0.3 is 15.3 Å². The number of hydrogen-bond acceptors (Lipinski definition) is 6. The predicted octanol–water partition coefficient (Wildman–Crippen LogP) is -1.14. The average Bonchev–Trinajstić information content (AvgIpc) is 3.19. The number of rotatable bonds is 4. The van der Waals surface area contributed by atoms with Crippen LogP contribution in [0.25, 0.3) is 0 Å². The Morgan fingerprint density at radius 3 is 2.71 bits per heavy atom. The number of carbonyl (C=O) groups is 1. The molecule has 6 nitrogen and oxygen atoms in total. The topological polar surface area (TPSA) is 59.1 Å². The van der Waals surface area contributed by atoms with Gasteiger partial charge in [-0.1, -0.05) is 0 Å². The second-order valence-electron chi connectivity index (χ2n) is 6.09. The molecule has 0 aromatic rings. The summed E-state index contributed by atoms with van der Waals surface area (Å²) in [7, 11) is 0. The van der Waals surface area contributed by atoms with Gasteiger partial charge in [0, 0.05) is 57.6 Å². The van der Waals surface area contributed by atoms with Crippen molar-refractivity contribution in [1.29, 1.82) is 0 Å². The third kappa shape index (κ3) is 3.71. The van der Waals surface area contributed by atoms with Gasteiger partial charge in [0.1, 0.15) is 0 Å². The summed E-state index contributed by atoms with van der Waals surface area (Å²) in [5.41, 5.74) is 0. The van der Waals surface area contributed by atoms with Crippen molar-refractivity contribution in [3.8, 4) is 0 Å². The monoisotopic (exact) mass is 314 g/mol. The fourth-order valence-corrected chi connectivity index (χ4v) is 4.44. The van der Waals surface area contributed by atoms with E-state index in [1.807, 2.05) is 16.7 Å². The van der Waals surface area contributed by atoms with Crippen molar-refractivity contribution in [3.05, 3.63) is 0 Å². The molecule has 1 amide bonds. The lowest BCUT2D eigenvalue weighted by Crippen LogP contribution is -2.51. The van der Waals surface area contributed by atoms with Crippen LogP contribution in [-0.2, 0) is 4.79 Å². The van der Waals surface area contributed by atoms with Gasteiger partial charge in [-0.3, -0.25) is 14.6 Å². The molecule has 0 aromatic carbocycles. The molecular weight excluding hydrogens is 288 g/mol. The zero-order valence-electron chi connectivity index (χ0n) is 12.5. The molecule has 21 heavy (non-hydrogen) atoms. The van der Waals surface area contributed by atoms with Crippen LogP contribution in [0.3, 0.4) is 0 Å². The molecule has 2 N–H and O–H groups in total. The summed E-state index contributed by atoms with van der Waals surface area (Å²) in [6.07, 6.45) is 0.944. The number of aliphatic hydroxyl groups is 1. The Morgan fingerprint density at radius 1 is 1.24 bits per heavy atom. The van der Waals surface area contributed by atoms with Crippen molar-refractivity contribution in [2.45, 2.75) is 18.5 Å². The highest BCUT2D eigenvalue weighted by atomic mass is 32.2. The summed E-state index contributed by atoms with van der Waals surface area (Å²) >= 11 is 1.84. The van der Waals surface area contributed by atoms with Crippen LogP contribution in [0.2, 0.25) is 0 Å². The number of carbonyl (C=O) groups excluding carboxylic acids is 1. The number of aliphatic hydroxyl groups excluding tert-OH is 1. The molecule has 3 saturated heterocycles. The standard InChI is InChI=1S/C14H26N4O2S/c19-7-5-16-1-3-17(4-2-16)12-9-13(15-10-12)14(20)18-6-8-21-11-18/h12-13,15,19H,1-11H2/t12-,13-/m0/s1. The maximum absolute atomic E-state index is 12.4. The third-order valence-corrected chi connectivity index (χ3v) is 5.78. The Kier molecular flexibility index (Phi) is 5.39. The van der Waals surface area contributed by atoms with E-state index in [0.29, 0.717) is 11.9 Å². The van der Waals surface area contributed by atoms with E-state index in [9.17, 15) is 4.79 Å². The summed E-state index contributed by atoms with van der Waals surface area (Å²) in [5.74, 6) is 2.23. The molecular formula is C14H26N4O2S. The van der Waals surface area contributed by atoms with Crippen LogP contribution >= 0.6 is 11.8 Å². The first-order chi connectivity index (χ1) is 10.3. The Labute approximate surface area is 130 Å². The quantitative estimate of drug-likeness (QED) is 0.684. The zero-order chi connectivity index (χ0) is 14.7. The summed E-state index contributed by atoms with van der Waals surface area (Å²) in [6.45, 7) is 7.01. The Morgan fingerprint density at radius 2 is 2.05 bits per heavy atom. The molecule has 3 fully saturated rings. The SMILES string of the molecule is O=C([C@@H]1C[C@H](N2CCN(CCO)CC2)CN1)N1CCSC1. The Balaban J connectivity index is 1.45. The van der Waals surface area contributed by atoms with Crippen molar-refractivity contribution >= 4 is 17.7 Å². The van der Waals surface area contributed by atoms with Crippen LogP contribution in [0.15, 0.2) is 0 Å². The minimum atomic E-state index is 0.0178. The second kappa shape index (κ2) is 7.28. The molecule has 3 aliphatic rings. The van der Waals surface area contributed by atoms with Crippen molar-refractivity contribution in [3.63, 3.8) is 0 Å². The lowest BCUT2D eigenvalue weighted by molar-refractivity contribution is -0.131. The number of amides is 1. The number of thioether (sulfide) groups is 1. The van der Waals surface area contributed by atoms with Gasteiger partial charge in [0.2, 0.25) is 5.91 Å². The third-order valence-electron chi connectivity index (χ3n) is 4.81. The number of hydrogen-bond donors (Lipinski definition) is 2. The van der Waals surface area contributed by atoms with Gasteiger partial charge in [-0.25, -0.2) is 0 Å². The van der Waals surface area contributed by atoms with Gasteiger partial charge in [-0.05, 0) is 6.42 Å². The highest BCUT2D eigenvalue weighted by Gasteiger charge is 2.36. The van der Waals surface area contributed by atoms with Crippen molar-refractivity contribution in [1.82, 2.24) is 20.0 Å². The average molecular weight is 314 g/mol. The fraction of sp³-hybridized carbons (Fsp3) is 0.929. The maximum atomic E-state index is 12.4. The van der Waals surface area contributed by atoms with E-state index < -0.39 is 0 Å². The minimum absolute atomic E-state index is 0.0178. The molecule has 0 spiro atoms. The molecule has 0 aromatic heterocycles. The Hall–Kier alpha value is -0.340. The second-order valence-corrected chi connectivity index (χ2v) is 7.17. The normalized spacial score (nSPS) is 32.0. The van der Waals surface area contributed by atoms with Crippen molar-refractivity contribution in [2.24, 2.45) is 0 Å². The predicted molar refractivity (Wildman–Crippen MR) is 84.3 cm³/mol. The van der Waals surface area contributed by atoms with Crippen LogP contribution in [0.1, 0.15) is 6.42 Å². The van der Waals surface area contributed by atoms with Crippen LogP contribution in [-0.4, -0.2) is 102 Å². The molecule has 7 heteroatoms. The molecule has 3 heterocycles. The molecule has 0 unspecified atom stereocenters. The molecule has 3 aliphatic heterocycles. The highest BCUT2D eigenvalue weighted by molar-refractivity contribution is 7.99. The lowest BCUT2D eigenvalue weighted by Gasteiger charge is -2.37. The van der Waals surface area contributed by atoms with Gasteiger partial charge >= 0.3 is 0 Å². The number of piperazine rings is 1. The van der Waals surface area contributed by atoms with E-state index in [-0.39, 0.29) is 12.6 Å². The Bertz CT molecular complexity index is 357. The van der Waals surface area contributed by atoms with Crippen LogP contribution < -0.4 is 5.32 Å². The summed E-state index contributed by atoms with van der Waals surface area (Å²) in [6, 6.07) is 0.509. The molecule has 0 bridgehead atoms. The highest BCUT2D eigenvalue weighted by Crippen LogP contribution is 2.20. The molecule has 0 saturated carbocycles. The molecule has 3 rings (SSSR count).